The number of nitrogens with zero attached hydrogens (tertiary/aromatic N) is 1. The highest BCUT2D eigenvalue weighted by molar-refractivity contribution is 6.17. The van der Waals surface area contributed by atoms with Gasteiger partial charge in [-0.25, -0.2) is 4.39 Å². The number of ether oxygens (including phenoxy) is 1. The summed E-state index contributed by atoms with van der Waals surface area (Å²) in [5.74, 6) is -0.152. The molecule has 2 rings (SSSR count). The first-order valence-electron chi connectivity index (χ1n) is 5.37. The topological polar surface area (TPSA) is 52.4 Å². The first-order valence-corrected chi connectivity index (χ1v) is 5.90. The standard InChI is InChI=1S/C13H9ClFNO3/c14-8-9-5-10(15)7-11(6-9)19-13-4-2-1-3-12(13)16(17)18/h1-7H,8H2. The zero-order valence-corrected chi connectivity index (χ0v) is 10.4. The zero-order valence-electron chi connectivity index (χ0n) is 9.68. The van der Waals surface area contributed by atoms with Gasteiger partial charge < -0.3 is 4.74 Å². The molecule has 0 aromatic heterocycles. The molecule has 0 unspecified atom stereocenters. The van der Waals surface area contributed by atoms with Gasteiger partial charge in [0.05, 0.1) is 4.92 Å². The second-order valence-electron chi connectivity index (χ2n) is 3.76. The summed E-state index contributed by atoms with van der Waals surface area (Å²) in [6.07, 6.45) is 0. The Labute approximate surface area is 113 Å². The average molecular weight is 282 g/mol. The SMILES string of the molecule is O=[N+]([O-])c1ccccc1Oc1cc(F)cc(CCl)c1. The normalized spacial score (nSPS) is 10.2. The molecule has 0 amide bonds. The summed E-state index contributed by atoms with van der Waals surface area (Å²) in [6.45, 7) is 0. The van der Waals surface area contributed by atoms with Crippen molar-refractivity contribution in [1.82, 2.24) is 0 Å². The fourth-order valence-electron chi connectivity index (χ4n) is 1.58. The summed E-state index contributed by atoms with van der Waals surface area (Å²) in [5.41, 5.74) is 0.356. The molecule has 6 heteroatoms. The number of rotatable bonds is 4. The number of alkyl halides is 1. The molecule has 0 aliphatic heterocycles. The van der Waals surface area contributed by atoms with Gasteiger partial charge >= 0.3 is 5.69 Å². The van der Waals surface area contributed by atoms with E-state index < -0.39 is 10.7 Å². The Morgan fingerprint density at radius 1 is 1.26 bits per heavy atom. The van der Waals surface area contributed by atoms with Crippen LogP contribution in [0.2, 0.25) is 0 Å². The van der Waals surface area contributed by atoms with Gasteiger partial charge in [-0.2, -0.15) is 0 Å². The van der Waals surface area contributed by atoms with Gasteiger partial charge in [0.2, 0.25) is 5.75 Å². The fraction of sp³-hybridized carbons (Fsp3) is 0.0769. The molecule has 98 valence electrons. The van der Waals surface area contributed by atoms with Crippen LogP contribution in [0.4, 0.5) is 10.1 Å². The number of nitro benzene ring substituents is 1. The molecule has 0 bridgehead atoms. The van der Waals surface area contributed by atoms with E-state index in [0.717, 1.165) is 6.07 Å². The Hall–Kier alpha value is -2.14. The third-order valence-electron chi connectivity index (χ3n) is 2.38. The van der Waals surface area contributed by atoms with Gasteiger partial charge in [0, 0.05) is 18.0 Å². The molecule has 0 N–H and O–H groups in total. The van der Waals surface area contributed by atoms with Gasteiger partial charge in [-0.05, 0) is 23.8 Å². The third kappa shape index (κ3) is 3.20. The molecule has 0 atom stereocenters. The quantitative estimate of drug-likeness (QED) is 0.478. The Morgan fingerprint density at radius 3 is 2.68 bits per heavy atom. The molecule has 0 saturated heterocycles. The van der Waals surface area contributed by atoms with Gasteiger partial charge in [0.15, 0.2) is 0 Å². The van der Waals surface area contributed by atoms with Gasteiger partial charge in [-0.3, -0.25) is 10.1 Å². The lowest BCUT2D eigenvalue weighted by Crippen LogP contribution is -1.94. The molecular formula is C13H9ClFNO3. The Morgan fingerprint density at radius 2 is 2.00 bits per heavy atom. The Kier molecular flexibility index (Phi) is 3.97. The number of para-hydroxylation sites is 2. The summed E-state index contributed by atoms with van der Waals surface area (Å²) >= 11 is 5.63. The number of nitro groups is 1. The van der Waals surface area contributed by atoms with E-state index in [1.54, 1.807) is 6.07 Å². The summed E-state index contributed by atoms with van der Waals surface area (Å²) in [6, 6.07) is 9.85. The molecule has 0 fully saturated rings. The molecule has 0 aliphatic rings. The van der Waals surface area contributed by atoms with Gasteiger partial charge in [0.25, 0.3) is 0 Å². The number of hydrogen-bond donors (Lipinski definition) is 0. The molecule has 19 heavy (non-hydrogen) atoms. The van der Waals surface area contributed by atoms with E-state index in [9.17, 15) is 14.5 Å². The summed E-state index contributed by atoms with van der Waals surface area (Å²) < 4.78 is 18.7. The van der Waals surface area contributed by atoms with Crippen LogP contribution in [-0.2, 0) is 5.88 Å². The molecule has 2 aromatic carbocycles. The maximum atomic E-state index is 13.3. The van der Waals surface area contributed by atoms with Crippen LogP contribution in [0.25, 0.3) is 0 Å². The number of hydrogen-bond acceptors (Lipinski definition) is 3. The Bertz CT molecular complexity index is 619. The second-order valence-corrected chi connectivity index (χ2v) is 4.02. The van der Waals surface area contributed by atoms with Crippen LogP contribution in [0.1, 0.15) is 5.56 Å². The first-order chi connectivity index (χ1) is 9.10. The van der Waals surface area contributed by atoms with E-state index >= 15 is 0 Å². The lowest BCUT2D eigenvalue weighted by atomic mass is 10.2. The van der Waals surface area contributed by atoms with Crippen molar-refractivity contribution in [3.63, 3.8) is 0 Å². The molecule has 0 heterocycles. The van der Waals surface area contributed by atoms with Crippen molar-refractivity contribution in [2.24, 2.45) is 0 Å². The molecule has 0 saturated carbocycles. The van der Waals surface area contributed by atoms with Crippen molar-refractivity contribution in [2.75, 3.05) is 0 Å². The predicted octanol–water partition coefficient (Wildman–Crippen LogP) is 4.27. The molecule has 0 aliphatic carbocycles. The van der Waals surface area contributed by atoms with E-state index in [4.69, 9.17) is 16.3 Å². The van der Waals surface area contributed by atoms with Gasteiger partial charge in [-0.15, -0.1) is 11.6 Å². The van der Waals surface area contributed by atoms with Crippen LogP contribution in [0.15, 0.2) is 42.5 Å². The highest BCUT2D eigenvalue weighted by Crippen LogP contribution is 2.31. The van der Waals surface area contributed by atoms with Crippen molar-refractivity contribution in [3.05, 3.63) is 64.0 Å². The third-order valence-corrected chi connectivity index (χ3v) is 2.68. The fourth-order valence-corrected chi connectivity index (χ4v) is 1.73. The monoisotopic (exact) mass is 281 g/mol. The highest BCUT2D eigenvalue weighted by atomic mass is 35.5. The van der Waals surface area contributed by atoms with E-state index in [1.165, 1.54) is 30.3 Å². The molecule has 2 aromatic rings. The second kappa shape index (κ2) is 5.67. The Balaban J connectivity index is 2.36. The average Bonchev–Trinajstić information content (AvgIpc) is 2.38. The molecule has 0 spiro atoms. The lowest BCUT2D eigenvalue weighted by molar-refractivity contribution is -0.385. The summed E-state index contributed by atoms with van der Waals surface area (Å²) in [7, 11) is 0. The van der Waals surface area contributed by atoms with E-state index in [2.05, 4.69) is 0 Å². The van der Waals surface area contributed by atoms with Crippen molar-refractivity contribution >= 4 is 17.3 Å². The number of halogens is 2. The minimum absolute atomic E-state index is 0.0543. The first kappa shape index (κ1) is 13.3. The van der Waals surface area contributed by atoms with E-state index in [1.807, 2.05) is 0 Å². The van der Waals surface area contributed by atoms with Gasteiger partial charge in [0.1, 0.15) is 11.6 Å². The van der Waals surface area contributed by atoms with Crippen LogP contribution >= 0.6 is 11.6 Å². The minimum atomic E-state index is -0.558. The number of benzene rings is 2. The highest BCUT2D eigenvalue weighted by Gasteiger charge is 2.14. The predicted molar refractivity (Wildman–Crippen MR) is 69.1 cm³/mol. The maximum absolute atomic E-state index is 13.3. The van der Waals surface area contributed by atoms with Crippen LogP contribution < -0.4 is 4.74 Å². The van der Waals surface area contributed by atoms with E-state index in [-0.39, 0.29) is 23.1 Å². The molecule has 0 radical (unpaired) electrons. The van der Waals surface area contributed by atoms with Crippen LogP contribution in [0, 0.1) is 15.9 Å². The van der Waals surface area contributed by atoms with Crippen molar-refractivity contribution in [1.29, 1.82) is 0 Å². The van der Waals surface area contributed by atoms with E-state index in [0.29, 0.717) is 5.56 Å². The largest absolute Gasteiger partial charge is 0.450 e. The van der Waals surface area contributed by atoms with Crippen LogP contribution in [-0.4, -0.2) is 4.92 Å². The van der Waals surface area contributed by atoms with Crippen molar-refractivity contribution in [2.45, 2.75) is 5.88 Å². The maximum Gasteiger partial charge on any atom is 0.311 e. The molecule has 4 nitrogen and oxygen atoms in total. The van der Waals surface area contributed by atoms with Crippen molar-refractivity contribution < 1.29 is 14.1 Å². The van der Waals surface area contributed by atoms with Crippen LogP contribution in [0.5, 0.6) is 11.5 Å². The van der Waals surface area contributed by atoms with Crippen molar-refractivity contribution in [3.8, 4) is 11.5 Å². The van der Waals surface area contributed by atoms with Crippen LogP contribution in [0.3, 0.4) is 0 Å². The summed E-state index contributed by atoms with van der Waals surface area (Å²) in [4.78, 5) is 10.3. The minimum Gasteiger partial charge on any atom is -0.450 e. The lowest BCUT2D eigenvalue weighted by Gasteiger charge is -2.07. The van der Waals surface area contributed by atoms with Gasteiger partial charge in [-0.1, -0.05) is 12.1 Å². The zero-order chi connectivity index (χ0) is 13.8. The summed E-state index contributed by atoms with van der Waals surface area (Å²) in [5, 5.41) is 10.8. The molecular weight excluding hydrogens is 273 g/mol. The smallest absolute Gasteiger partial charge is 0.311 e.